The van der Waals surface area contributed by atoms with Crippen LogP contribution < -0.4 is 4.72 Å². The molecular formula is C6H13NO4S. The number of rotatable bonds is 6. The molecule has 12 heavy (non-hydrogen) atoms. The molecule has 0 saturated heterocycles. The molecule has 0 fully saturated rings. The van der Waals surface area contributed by atoms with Crippen molar-refractivity contribution in [2.75, 3.05) is 26.4 Å². The van der Waals surface area contributed by atoms with Crippen LogP contribution in [0.4, 0.5) is 4.79 Å². The largest absolute Gasteiger partial charge is 0.447 e. The molecule has 0 spiro atoms. The Bertz CT molecular complexity index is 122. The van der Waals surface area contributed by atoms with Crippen molar-refractivity contribution < 1.29 is 19.4 Å². The molecule has 0 saturated carbocycles. The molecule has 0 bridgehead atoms. The van der Waals surface area contributed by atoms with E-state index in [1.54, 1.807) is 0 Å². The van der Waals surface area contributed by atoms with Crippen molar-refractivity contribution in [2.24, 2.45) is 0 Å². The Morgan fingerprint density at radius 3 is 2.75 bits per heavy atom. The highest BCUT2D eigenvalue weighted by Crippen LogP contribution is 1.83. The zero-order valence-electron chi connectivity index (χ0n) is 6.65. The van der Waals surface area contributed by atoms with Crippen molar-refractivity contribution in [1.82, 2.24) is 4.72 Å². The Hall–Kier alpha value is -0.460. The monoisotopic (exact) mass is 195 g/mol. The smallest absolute Gasteiger partial charge is 0.417 e. The lowest BCUT2D eigenvalue weighted by Crippen LogP contribution is -2.17. The number of hydrogen-bond acceptors (Lipinski definition) is 5. The summed E-state index contributed by atoms with van der Waals surface area (Å²) in [6.07, 6.45) is 0.00256. The second-order valence-corrected chi connectivity index (χ2v) is 2.16. The van der Waals surface area contributed by atoms with Crippen LogP contribution >= 0.6 is 12.8 Å². The van der Waals surface area contributed by atoms with Crippen LogP contribution in [0.5, 0.6) is 0 Å². The zero-order valence-corrected chi connectivity index (χ0v) is 7.55. The molecule has 0 aliphatic heterocycles. The van der Waals surface area contributed by atoms with E-state index in [4.69, 9.17) is 9.84 Å². The van der Waals surface area contributed by atoms with Crippen LogP contribution in [0, 0.1) is 0 Å². The molecule has 5 nitrogen and oxygen atoms in total. The van der Waals surface area contributed by atoms with E-state index in [-0.39, 0.29) is 13.2 Å². The van der Waals surface area contributed by atoms with Crippen molar-refractivity contribution in [1.29, 1.82) is 0 Å². The number of hydrogen-bond donors (Lipinski definition) is 3. The highest BCUT2D eigenvalue weighted by molar-refractivity contribution is 7.78. The normalized spacial score (nSPS) is 9.50. The Kier molecular flexibility index (Phi) is 8.30. The van der Waals surface area contributed by atoms with Crippen LogP contribution in [0.1, 0.15) is 6.42 Å². The Balaban J connectivity index is 2.95. The molecule has 0 aliphatic carbocycles. The number of aliphatic hydroxyl groups is 1. The third-order valence-corrected chi connectivity index (χ3v) is 1.18. The summed E-state index contributed by atoms with van der Waals surface area (Å²) >= 11 is 3.48. The van der Waals surface area contributed by atoms with Crippen LogP contribution in [0.15, 0.2) is 0 Å². The third-order valence-electron chi connectivity index (χ3n) is 0.999. The highest BCUT2D eigenvalue weighted by Gasteiger charge is 1.96. The molecule has 0 aromatic heterocycles. The summed E-state index contributed by atoms with van der Waals surface area (Å²) in [5, 5.41) is 8.36. The number of carbonyl (C=O) groups excluding carboxylic acids is 1. The maximum atomic E-state index is 10.4. The predicted octanol–water partition coefficient (Wildman–Crippen LogP) is -0.0436. The van der Waals surface area contributed by atoms with Gasteiger partial charge in [-0.15, -0.1) is 0 Å². The summed E-state index contributed by atoms with van der Waals surface area (Å²) < 4.78 is 11.5. The van der Waals surface area contributed by atoms with E-state index in [0.29, 0.717) is 19.6 Å². The molecule has 6 heteroatoms. The number of ether oxygens (including phenoxy) is 2. The van der Waals surface area contributed by atoms with E-state index < -0.39 is 6.09 Å². The highest BCUT2D eigenvalue weighted by atomic mass is 32.1. The molecule has 0 heterocycles. The van der Waals surface area contributed by atoms with Gasteiger partial charge in [-0.25, -0.2) is 4.79 Å². The Morgan fingerprint density at radius 1 is 1.42 bits per heavy atom. The standard InChI is InChI=1S/C6H13NO4S/c8-2-1-3-10-4-5-11-6(9)7-12/h8,12H,1-5H2,(H,7,9). The molecule has 1 amide bonds. The lowest BCUT2D eigenvalue weighted by molar-refractivity contribution is 0.0679. The molecule has 0 radical (unpaired) electrons. The lowest BCUT2D eigenvalue weighted by Gasteiger charge is -2.03. The van der Waals surface area contributed by atoms with Crippen LogP contribution in [-0.4, -0.2) is 37.6 Å². The summed E-state index contributed by atoms with van der Waals surface area (Å²) in [5.74, 6) is 0. The molecule has 0 unspecified atom stereocenters. The molecule has 2 N–H and O–H groups in total. The van der Waals surface area contributed by atoms with Gasteiger partial charge in [0.2, 0.25) is 0 Å². The third kappa shape index (κ3) is 7.64. The minimum absolute atomic E-state index is 0.109. The summed E-state index contributed by atoms with van der Waals surface area (Å²) in [6.45, 7) is 1.11. The first-order chi connectivity index (χ1) is 5.81. The number of thiol groups is 1. The molecule has 0 aromatic carbocycles. The Labute approximate surface area is 76.6 Å². The number of amides is 1. The van der Waals surface area contributed by atoms with Gasteiger partial charge in [-0.05, 0) is 6.42 Å². The van der Waals surface area contributed by atoms with Crippen LogP contribution in [0.3, 0.4) is 0 Å². The van der Waals surface area contributed by atoms with Crippen molar-refractivity contribution >= 4 is 18.9 Å². The van der Waals surface area contributed by atoms with E-state index in [9.17, 15) is 4.79 Å². The van der Waals surface area contributed by atoms with Crippen molar-refractivity contribution in [3.63, 3.8) is 0 Å². The van der Waals surface area contributed by atoms with Gasteiger partial charge in [-0.1, -0.05) is 12.8 Å². The average molecular weight is 195 g/mol. The lowest BCUT2D eigenvalue weighted by atomic mass is 10.5. The van der Waals surface area contributed by atoms with Gasteiger partial charge in [0.15, 0.2) is 0 Å². The van der Waals surface area contributed by atoms with Crippen LogP contribution in [0.25, 0.3) is 0 Å². The Morgan fingerprint density at radius 2 is 2.17 bits per heavy atom. The first-order valence-corrected chi connectivity index (χ1v) is 4.01. The first kappa shape index (κ1) is 11.5. The minimum atomic E-state index is -0.593. The topological polar surface area (TPSA) is 67.8 Å². The number of nitrogens with one attached hydrogen (secondary N) is 1. The molecular weight excluding hydrogens is 182 g/mol. The van der Waals surface area contributed by atoms with E-state index in [1.807, 2.05) is 4.72 Å². The maximum absolute atomic E-state index is 10.4. The van der Waals surface area contributed by atoms with Crippen molar-refractivity contribution in [3.8, 4) is 0 Å². The fourth-order valence-corrected chi connectivity index (χ4v) is 0.559. The van der Waals surface area contributed by atoms with E-state index in [0.717, 1.165) is 0 Å². The molecule has 0 aromatic rings. The van der Waals surface area contributed by atoms with E-state index >= 15 is 0 Å². The summed E-state index contributed by atoms with van der Waals surface area (Å²) in [7, 11) is 0. The van der Waals surface area contributed by atoms with Gasteiger partial charge in [0.05, 0.1) is 6.61 Å². The molecule has 0 atom stereocenters. The summed E-state index contributed by atoms with van der Waals surface area (Å²) in [4.78, 5) is 10.4. The molecule has 0 rings (SSSR count). The van der Waals surface area contributed by atoms with Gasteiger partial charge in [-0.2, -0.15) is 0 Å². The molecule has 72 valence electrons. The van der Waals surface area contributed by atoms with Gasteiger partial charge >= 0.3 is 6.09 Å². The maximum Gasteiger partial charge on any atom is 0.417 e. The van der Waals surface area contributed by atoms with Gasteiger partial charge in [0, 0.05) is 13.2 Å². The van der Waals surface area contributed by atoms with Gasteiger partial charge in [-0.3, -0.25) is 4.72 Å². The fraction of sp³-hybridized carbons (Fsp3) is 0.833. The van der Waals surface area contributed by atoms with Crippen molar-refractivity contribution in [3.05, 3.63) is 0 Å². The predicted molar refractivity (Wildman–Crippen MR) is 46.0 cm³/mol. The summed E-state index contributed by atoms with van der Waals surface area (Å²) in [6, 6.07) is 0. The fourth-order valence-electron chi connectivity index (χ4n) is 0.494. The van der Waals surface area contributed by atoms with Gasteiger partial charge in [0.1, 0.15) is 6.61 Å². The van der Waals surface area contributed by atoms with Gasteiger partial charge in [0.25, 0.3) is 0 Å². The number of aliphatic hydroxyl groups excluding tert-OH is 1. The molecule has 0 aliphatic rings. The van der Waals surface area contributed by atoms with E-state index in [1.165, 1.54) is 0 Å². The van der Waals surface area contributed by atoms with Crippen LogP contribution in [-0.2, 0) is 9.47 Å². The minimum Gasteiger partial charge on any atom is -0.447 e. The SMILES string of the molecule is O=C(NS)OCCOCCCO. The first-order valence-electron chi connectivity index (χ1n) is 3.56. The summed E-state index contributed by atoms with van der Waals surface area (Å²) in [5.41, 5.74) is 0. The van der Waals surface area contributed by atoms with E-state index in [2.05, 4.69) is 17.6 Å². The zero-order chi connectivity index (χ0) is 9.23. The average Bonchev–Trinajstić information content (AvgIpc) is 2.10. The quantitative estimate of drug-likeness (QED) is 0.411. The van der Waals surface area contributed by atoms with Crippen molar-refractivity contribution in [2.45, 2.75) is 6.42 Å². The van der Waals surface area contributed by atoms with Gasteiger partial charge < -0.3 is 14.6 Å². The van der Waals surface area contributed by atoms with Crippen LogP contribution in [0.2, 0.25) is 0 Å². The second-order valence-electron chi connectivity index (χ2n) is 1.94. The number of carbonyl (C=O) groups is 1. The second kappa shape index (κ2) is 8.63.